The molecule has 0 radical (unpaired) electrons. The highest BCUT2D eigenvalue weighted by atomic mass is 19.6. The van der Waals surface area contributed by atoms with Crippen LogP contribution in [0.25, 0.3) is 0 Å². The minimum atomic E-state index is -3.98. The molecule has 60 valence electrons. The van der Waals surface area contributed by atoms with E-state index in [-0.39, 0.29) is 0 Å². The van der Waals surface area contributed by atoms with Gasteiger partial charge in [-0.1, -0.05) is 12.1 Å². The van der Waals surface area contributed by atoms with Gasteiger partial charge in [0.25, 0.3) is 10.8 Å². The second-order valence-electron chi connectivity index (χ2n) is 1.90. The molecular weight excluding hydrogens is 162 g/mol. The van der Waals surface area contributed by atoms with E-state index in [4.69, 9.17) is 0 Å². The number of halogens is 4. The van der Waals surface area contributed by atoms with E-state index in [9.17, 15) is 17.8 Å². The molecular formula is C6H4F4N+. The van der Waals surface area contributed by atoms with E-state index in [0.717, 1.165) is 12.1 Å². The van der Waals surface area contributed by atoms with Crippen LogP contribution in [0.2, 0.25) is 0 Å². The maximum absolute atomic E-state index is 12.3. The van der Waals surface area contributed by atoms with Crippen molar-refractivity contribution >= 4 is 5.69 Å². The van der Waals surface area contributed by atoms with Gasteiger partial charge in [-0.15, -0.1) is 0 Å². The fourth-order valence-electron chi connectivity index (χ4n) is 0.657. The quantitative estimate of drug-likeness (QED) is 0.444. The van der Waals surface area contributed by atoms with Crippen molar-refractivity contribution in [2.45, 2.75) is 0 Å². The van der Waals surface area contributed by atoms with Gasteiger partial charge in [-0.25, -0.2) is 0 Å². The van der Waals surface area contributed by atoms with E-state index in [1.807, 2.05) is 0 Å². The van der Waals surface area contributed by atoms with Crippen LogP contribution in [0.1, 0.15) is 0 Å². The molecule has 0 aromatic heterocycles. The standard InChI is InChI=1S/C6H4F4N/c7-5-3-1-2-4-6(5)11(8,9)10/h1-4H/q+1. The maximum atomic E-state index is 12.3. The SMILES string of the molecule is Fc1ccccc1[N+](F)(F)F. The van der Waals surface area contributed by atoms with Gasteiger partial charge in [-0.05, 0) is 6.07 Å². The molecule has 0 aliphatic rings. The van der Waals surface area contributed by atoms with Crippen LogP contribution in [0.5, 0.6) is 0 Å². The Kier molecular flexibility index (Phi) is 1.82. The zero-order valence-electron chi connectivity index (χ0n) is 5.27. The Morgan fingerprint density at radius 1 is 1.00 bits per heavy atom. The summed E-state index contributed by atoms with van der Waals surface area (Å²) in [6.07, 6.45) is 0. The molecule has 0 aliphatic heterocycles. The Balaban J connectivity index is 3.14. The maximum Gasteiger partial charge on any atom is 0.294 e. The molecule has 0 spiro atoms. The highest BCUT2D eigenvalue weighted by molar-refractivity contribution is 5.38. The van der Waals surface area contributed by atoms with Gasteiger partial charge in [0, 0.05) is 6.07 Å². The molecule has 1 aromatic rings. The predicted molar refractivity (Wildman–Crippen MR) is 31.5 cm³/mol. The van der Waals surface area contributed by atoms with Gasteiger partial charge >= 0.3 is 0 Å². The van der Waals surface area contributed by atoms with Crippen molar-refractivity contribution in [1.29, 1.82) is 0 Å². The van der Waals surface area contributed by atoms with Gasteiger partial charge in [0.15, 0.2) is 5.82 Å². The Bertz CT molecular complexity index is 255. The lowest BCUT2D eigenvalue weighted by molar-refractivity contribution is -0.280. The van der Waals surface area contributed by atoms with Gasteiger partial charge in [0.05, 0.1) is 13.4 Å². The molecule has 1 aromatic carbocycles. The number of hydrogen-bond acceptors (Lipinski definition) is 0. The average Bonchev–Trinajstić information content (AvgIpc) is 1.86. The van der Waals surface area contributed by atoms with Gasteiger partial charge in [0.1, 0.15) is 0 Å². The molecule has 0 saturated heterocycles. The summed E-state index contributed by atoms with van der Waals surface area (Å²) in [5.74, 6) is -1.26. The Morgan fingerprint density at radius 2 is 1.55 bits per heavy atom. The first kappa shape index (κ1) is 8.00. The van der Waals surface area contributed by atoms with E-state index >= 15 is 0 Å². The van der Waals surface area contributed by atoms with Crippen LogP contribution in [-0.2, 0) is 0 Å². The first-order valence-corrected chi connectivity index (χ1v) is 2.75. The Labute approximate surface area is 59.9 Å². The van der Waals surface area contributed by atoms with Crippen LogP contribution in [0.15, 0.2) is 24.3 Å². The van der Waals surface area contributed by atoms with Crippen LogP contribution in [0.4, 0.5) is 23.5 Å². The topological polar surface area (TPSA) is 0 Å². The molecule has 0 N–H and O–H groups in total. The second-order valence-corrected chi connectivity index (χ2v) is 1.90. The summed E-state index contributed by atoms with van der Waals surface area (Å²) in [4.78, 5) is 0. The molecule has 0 aliphatic carbocycles. The van der Waals surface area contributed by atoms with Crippen molar-refractivity contribution in [3.63, 3.8) is 0 Å². The fourth-order valence-corrected chi connectivity index (χ4v) is 0.657. The summed E-state index contributed by atoms with van der Waals surface area (Å²) in [5.41, 5.74) is -1.28. The van der Waals surface area contributed by atoms with E-state index in [1.54, 1.807) is 0 Å². The number of quaternary nitrogens is 1. The first-order valence-electron chi connectivity index (χ1n) is 2.75. The summed E-state index contributed by atoms with van der Waals surface area (Å²) in [5, 5.41) is -3.98. The molecule has 0 saturated carbocycles. The van der Waals surface area contributed by atoms with Gasteiger partial charge in [-0.2, -0.15) is 4.39 Å². The van der Waals surface area contributed by atoms with Crippen molar-refractivity contribution in [1.82, 2.24) is 5.15 Å². The molecule has 0 heterocycles. The highest BCUT2D eigenvalue weighted by Crippen LogP contribution is 2.28. The summed E-state index contributed by atoms with van der Waals surface area (Å²) in [6, 6.07) is 3.77. The smallest absolute Gasteiger partial charge is 0.200 e. The molecule has 1 nitrogen and oxygen atoms in total. The largest absolute Gasteiger partial charge is 0.294 e. The van der Waals surface area contributed by atoms with Crippen LogP contribution < -0.4 is 5.15 Å². The fraction of sp³-hybridized carbons (Fsp3) is 0. The predicted octanol–water partition coefficient (Wildman–Crippen LogP) is 2.79. The van der Waals surface area contributed by atoms with E-state index in [1.165, 1.54) is 6.07 Å². The zero-order chi connectivity index (χ0) is 8.48. The normalized spacial score (nSPS) is 11.6. The lowest BCUT2D eigenvalue weighted by Crippen LogP contribution is -2.18. The summed E-state index contributed by atoms with van der Waals surface area (Å²) in [6.45, 7) is 0. The number of rotatable bonds is 1. The third-order valence-electron chi connectivity index (χ3n) is 1.13. The number of nitrogens with zero attached hydrogens (tertiary/aromatic N) is 1. The Morgan fingerprint density at radius 3 is 1.91 bits per heavy atom. The first-order chi connectivity index (χ1) is 5.02. The summed E-state index contributed by atoms with van der Waals surface area (Å²) < 4.78 is 47.6. The highest BCUT2D eigenvalue weighted by Gasteiger charge is 2.38. The molecule has 0 fully saturated rings. The molecule has 0 bridgehead atoms. The molecule has 11 heavy (non-hydrogen) atoms. The van der Waals surface area contributed by atoms with Crippen molar-refractivity contribution in [3.05, 3.63) is 30.1 Å². The van der Waals surface area contributed by atoms with Crippen LogP contribution in [-0.4, -0.2) is 0 Å². The van der Waals surface area contributed by atoms with Gasteiger partial charge < -0.3 is 0 Å². The molecule has 0 unspecified atom stereocenters. The third kappa shape index (κ3) is 1.68. The molecule has 5 heteroatoms. The lowest BCUT2D eigenvalue weighted by Gasteiger charge is -1.98. The number of hydrogen-bond donors (Lipinski definition) is 0. The van der Waals surface area contributed by atoms with Gasteiger partial charge in [-0.3, -0.25) is 0 Å². The van der Waals surface area contributed by atoms with Crippen LogP contribution >= 0.6 is 0 Å². The van der Waals surface area contributed by atoms with Crippen molar-refractivity contribution < 1.29 is 17.8 Å². The summed E-state index contributed by atoms with van der Waals surface area (Å²) in [7, 11) is 0. The summed E-state index contributed by atoms with van der Waals surface area (Å²) >= 11 is 0. The van der Waals surface area contributed by atoms with Crippen molar-refractivity contribution in [2.24, 2.45) is 0 Å². The van der Waals surface area contributed by atoms with Crippen LogP contribution in [0.3, 0.4) is 0 Å². The molecule has 1 rings (SSSR count). The minimum absolute atomic E-state index is 0.676. The third-order valence-corrected chi connectivity index (χ3v) is 1.13. The van der Waals surface area contributed by atoms with E-state index in [0.29, 0.717) is 6.07 Å². The second kappa shape index (κ2) is 2.50. The molecule has 0 atom stereocenters. The lowest BCUT2D eigenvalue weighted by atomic mass is 10.3. The van der Waals surface area contributed by atoms with Crippen molar-refractivity contribution in [3.8, 4) is 0 Å². The average molecular weight is 166 g/mol. The zero-order valence-corrected chi connectivity index (χ0v) is 5.27. The molecule has 0 amide bonds. The Hall–Kier alpha value is -1.10. The van der Waals surface area contributed by atoms with Gasteiger partial charge in [0.2, 0.25) is 0 Å². The number of benzene rings is 1. The van der Waals surface area contributed by atoms with E-state index in [2.05, 4.69) is 0 Å². The van der Waals surface area contributed by atoms with Crippen molar-refractivity contribution in [2.75, 3.05) is 0 Å². The minimum Gasteiger partial charge on any atom is -0.200 e. The van der Waals surface area contributed by atoms with E-state index < -0.39 is 16.7 Å². The monoisotopic (exact) mass is 166 g/mol. The van der Waals surface area contributed by atoms with Crippen LogP contribution in [0, 0.1) is 5.82 Å².